The van der Waals surface area contributed by atoms with Gasteiger partial charge < -0.3 is 38.0 Å². The monoisotopic (exact) mass is 658 g/mol. The summed E-state index contributed by atoms with van der Waals surface area (Å²) >= 11 is 0. The maximum absolute atomic E-state index is 10.0. The average molecular weight is 659 g/mol. The lowest BCUT2D eigenvalue weighted by Crippen LogP contribution is -2.60. The standard InChI is InChI=1S/C37H58O8Si/c1-26-22-37(44-32(18-20-38)34(26)41-24-28-10-14-30(39-6)15-11-28)23-27(2)35(42-25-29-12-16-31(40-7)17-13-29)33(45-37)19-21-43-46(8,9)36(3,4)5/h10-17,26-27,32-35,38H,18-25H2,1-9H3/t26-,27-,32-,33-,34-,35-,37+/m0/s1. The minimum absolute atomic E-state index is 0.0167. The van der Waals surface area contributed by atoms with Crippen LogP contribution in [0.25, 0.3) is 0 Å². The van der Waals surface area contributed by atoms with E-state index < -0.39 is 14.1 Å². The van der Waals surface area contributed by atoms with Gasteiger partial charge in [-0.15, -0.1) is 0 Å². The van der Waals surface area contributed by atoms with Crippen LogP contribution in [0.2, 0.25) is 18.1 Å². The predicted molar refractivity (Wildman–Crippen MR) is 183 cm³/mol. The normalized spacial score (nSPS) is 28.7. The van der Waals surface area contributed by atoms with Crippen molar-refractivity contribution in [3.8, 4) is 11.5 Å². The molecule has 2 aliphatic rings. The highest BCUT2D eigenvalue weighted by Crippen LogP contribution is 2.47. The van der Waals surface area contributed by atoms with E-state index in [0.717, 1.165) is 22.6 Å². The van der Waals surface area contributed by atoms with Gasteiger partial charge in [0.25, 0.3) is 0 Å². The fourth-order valence-corrected chi connectivity index (χ4v) is 7.59. The fourth-order valence-electron chi connectivity index (χ4n) is 6.53. The smallest absolute Gasteiger partial charge is 0.191 e. The zero-order valence-electron chi connectivity index (χ0n) is 29.5. The molecule has 0 bridgehead atoms. The third kappa shape index (κ3) is 9.34. The maximum Gasteiger partial charge on any atom is 0.191 e. The molecule has 0 unspecified atom stereocenters. The number of hydrogen-bond acceptors (Lipinski definition) is 8. The van der Waals surface area contributed by atoms with E-state index in [1.54, 1.807) is 14.2 Å². The molecule has 2 aromatic carbocycles. The molecule has 0 aliphatic carbocycles. The van der Waals surface area contributed by atoms with Crippen LogP contribution in [-0.4, -0.2) is 71.1 Å². The maximum atomic E-state index is 10.0. The summed E-state index contributed by atoms with van der Waals surface area (Å²) in [7, 11) is 1.41. The topological polar surface area (TPSA) is 84.8 Å². The number of aliphatic hydroxyl groups is 1. The van der Waals surface area contributed by atoms with Gasteiger partial charge in [0.15, 0.2) is 14.1 Å². The van der Waals surface area contributed by atoms with Crippen LogP contribution in [0.4, 0.5) is 0 Å². The number of rotatable bonds is 14. The van der Waals surface area contributed by atoms with Crippen LogP contribution in [0.3, 0.4) is 0 Å². The molecule has 0 radical (unpaired) electrons. The summed E-state index contributed by atoms with van der Waals surface area (Å²) in [6, 6.07) is 15.9. The van der Waals surface area contributed by atoms with Gasteiger partial charge in [-0.05, 0) is 78.2 Å². The highest BCUT2D eigenvalue weighted by atomic mass is 28.4. The van der Waals surface area contributed by atoms with E-state index in [4.69, 9.17) is 32.8 Å². The molecule has 9 heteroatoms. The summed E-state index contributed by atoms with van der Waals surface area (Å²) in [6.45, 7) is 17.4. The van der Waals surface area contributed by atoms with E-state index in [1.165, 1.54) is 0 Å². The molecule has 2 aliphatic heterocycles. The number of aliphatic hydroxyl groups excluding tert-OH is 1. The second-order valence-electron chi connectivity index (χ2n) is 14.7. The first-order valence-electron chi connectivity index (χ1n) is 16.9. The lowest BCUT2D eigenvalue weighted by atomic mass is 9.79. The quantitative estimate of drug-likeness (QED) is 0.209. The minimum Gasteiger partial charge on any atom is -0.497 e. The molecule has 2 fully saturated rings. The van der Waals surface area contributed by atoms with Gasteiger partial charge >= 0.3 is 0 Å². The Bertz CT molecular complexity index is 1190. The number of ether oxygens (including phenoxy) is 6. The van der Waals surface area contributed by atoms with Gasteiger partial charge in [-0.2, -0.15) is 0 Å². The van der Waals surface area contributed by atoms with E-state index in [9.17, 15) is 5.11 Å². The van der Waals surface area contributed by atoms with E-state index in [-0.39, 0.29) is 47.9 Å². The second-order valence-corrected chi connectivity index (χ2v) is 19.6. The van der Waals surface area contributed by atoms with E-state index in [2.05, 4.69) is 47.7 Å². The van der Waals surface area contributed by atoms with Crippen molar-refractivity contribution >= 4 is 8.32 Å². The van der Waals surface area contributed by atoms with Crippen LogP contribution in [0, 0.1) is 11.8 Å². The van der Waals surface area contributed by atoms with Crippen molar-refractivity contribution in [2.24, 2.45) is 11.8 Å². The van der Waals surface area contributed by atoms with Crippen molar-refractivity contribution in [1.29, 1.82) is 0 Å². The predicted octanol–water partition coefficient (Wildman–Crippen LogP) is 7.52. The SMILES string of the molecule is COc1ccc(CO[C@@H]2[C@H](CCO)O[C@@]3(C[C@@H]2C)C[C@H](C)[C@H](OCc2ccc(OC)cc2)[C@H](CCO[Si](C)(C)C(C)(C)C)O3)cc1. The third-order valence-corrected chi connectivity index (χ3v) is 14.7. The molecule has 2 saturated heterocycles. The molecule has 1 spiro atoms. The molecule has 258 valence electrons. The Balaban J connectivity index is 1.49. The molecule has 8 nitrogen and oxygen atoms in total. The Labute approximate surface area is 278 Å². The Kier molecular flexibility index (Phi) is 12.8. The molecule has 0 aromatic heterocycles. The van der Waals surface area contributed by atoms with Crippen molar-refractivity contribution in [2.75, 3.05) is 27.4 Å². The van der Waals surface area contributed by atoms with Crippen molar-refractivity contribution < 1.29 is 38.0 Å². The van der Waals surface area contributed by atoms with Gasteiger partial charge in [-0.1, -0.05) is 58.9 Å². The lowest BCUT2D eigenvalue weighted by molar-refractivity contribution is -0.367. The molecular weight excluding hydrogens is 600 g/mol. The van der Waals surface area contributed by atoms with Crippen LogP contribution in [0.15, 0.2) is 48.5 Å². The van der Waals surface area contributed by atoms with Gasteiger partial charge in [-0.3, -0.25) is 0 Å². The first kappa shape index (κ1) is 36.8. The minimum atomic E-state index is -1.93. The fraction of sp³-hybridized carbons (Fsp3) is 0.676. The van der Waals surface area contributed by atoms with Crippen molar-refractivity contribution in [3.63, 3.8) is 0 Å². The third-order valence-electron chi connectivity index (χ3n) is 10.1. The van der Waals surface area contributed by atoms with Crippen molar-refractivity contribution in [2.45, 2.75) is 122 Å². The van der Waals surface area contributed by atoms with E-state index in [1.807, 2.05) is 48.5 Å². The molecule has 46 heavy (non-hydrogen) atoms. The average Bonchev–Trinajstić information content (AvgIpc) is 3.00. The molecular formula is C37H58O8Si. The van der Waals surface area contributed by atoms with Crippen LogP contribution < -0.4 is 9.47 Å². The highest BCUT2D eigenvalue weighted by Gasteiger charge is 2.53. The van der Waals surface area contributed by atoms with Gasteiger partial charge in [-0.25, -0.2) is 0 Å². The van der Waals surface area contributed by atoms with Gasteiger partial charge in [0.2, 0.25) is 0 Å². The molecule has 2 aromatic rings. The molecule has 0 amide bonds. The Hall–Kier alpha value is -1.98. The van der Waals surface area contributed by atoms with Crippen LogP contribution in [-0.2, 0) is 36.6 Å². The van der Waals surface area contributed by atoms with Crippen LogP contribution in [0.1, 0.15) is 71.4 Å². The van der Waals surface area contributed by atoms with Crippen LogP contribution in [0.5, 0.6) is 11.5 Å². The lowest BCUT2D eigenvalue weighted by Gasteiger charge is -2.54. The summed E-state index contributed by atoms with van der Waals surface area (Å²) in [5.74, 6) is 1.21. The summed E-state index contributed by atoms with van der Waals surface area (Å²) in [4.78, 5) is 0. The summed E-state index contributed by atoms with van der Waals surface area (Å²) in [5.41, 5.74) is 2.16. The van der Waals surface area contributed by atoms with Crippen LogP contribution >= 0.6 is 0 Å². The Morgan fingerprint density at radius 1 is 0.761 bits per heavy atom. The largest absolute Gasteiger partial charge is 0.497 e. The first-order chi connectivity index (χ1) is 21.8. The summed E-state index contributed by atoms with van der Waals surface area (Å²) in [6.07, 6.45) is 1.83. The number of hydrogen-bond donors (Lipinski definition) is 1. The van der Waals surface area contributed by atoms with Gasteiger partial charge in [0, 0.05) is 26.1 Å². The Morgan fingerprint density at radius 2 is 1.20 bits per heavy atom. The highest BCUT2D eigenvalue weighted by molar-refractivity contribution is 6.74. The zero-order chi connectivity index (χ0) is 33.5. The number of benzene rings is 2. The molecule has 0 saturated carbocycles. The van der Waals surface area contributed by atoms with Gasteiger partial charge in [0.05, 0.1) is 51.8 Å². The van der Waals surface area contributed by atoms with Crippen molar-refractivity contribution in [3.05, 3.63) is 59.7 Å². The summed E-state index contributed by atoms with van der Waals surface area (Å²) < 4.78 is 44.3. The zero-order valence-corrected chi connectivity index (χ0v) is 30.5. The van der Waals surface area contributed by atoms with Gasteiger partial charge in [0.1, 0.15) is 11.5 Å². The molecule has 7 atom stereocenters. The molecule has 1 N–H and O–H groups in total. The van der Waals surface area contributed by atoms with E-state index >= 15 is 0 Å². The first-order valence-corrected chi connectivity index (χ1v) is 19.8. The second kappa shape index (κ2) is 15.9. The Morgan fingerprint density at radius 3 is 1.59 bits per heavy atom. The van der Waals surface area contributed by atoms with E-state index in [0.29, 0.717) is 45.5 Å². The summed E-state index contributed by atoms with van der Waals surface area (Å²) in [5, 5.41) is 10.2. The molecule has 4 rings (SSSR count). The number of methoxy groups -OCH3 is 2. The van der Waals surface area contributed by atoms with Crippen molar-refractivity contribution in [1.82, 2.24) is 0 Å². The molecule has 2 heterocycles.